The number of Topliss-reactive ketones (excluding diaryl/α,β-unsaturated/α-hetero) is 1. The normalized spacial score (nSPS) is 11.2. The zero-order valence-corrected chi connectivity index (χ0v) is 10.7. The maximum atomic E-state index is 11.0. The Morgan fingerprint density at radius 3 is 2.65 bits per heavy atom. The van der Waals surface area contributed by atoms with Crippen LogP contribution in [0.3, 0.4) is 0 Å². The van der Waals surface area contributed by atoms with Crippen molar-refractivity contribution in [3.63, 3.8) is 0 Å². The number of hydrogen-bond acceptors (Lipinski definition) is 4. The predicted molar refractivity (Wildman–Crippen MR) is 67.8 cm³/mol. The van der Waals surface area contributed by atoms with Crippen molar-refractivity contribution in [2.45, 2.75) is 6.54 Å². The summed E-state index contributed by atoms with van der Waals surface area (Å²) in [5, 5.41) is 0. The summed E-state index contributed by atoms with van der Waals surface area (Å²) in [6.45, 7) is 7.89. The van der Waals surface area contributed by atoms with Crippen LogP contribution < -0.4 is 0 Å². The average molecular weight is 233 g/mol. The van der Waals surface area contributed by atoms with E-state index < -0.39 is 5.78 Å². The average Bonchev–Trinajstić information content (AvgIpc) is 2.26. The summed E-state index contributed by atoms with van der Waals surface area (Å²) in [6, 6.07) is 3.38. The third kappa shape index (κ3) is 5.06. The van der Waals surface area contributed by atoms with Crippen molar-refractivity contribution in [1.82, 2.24) is 14.8 Å². The number of aromatic nitrogens is 1. The summed E-state index contributed by atoms with van der Waals surface area (Å²) in [5.74, 6) is -0.412. The van der Waals surface area contributed by atoms with Gasteiger partial charge < -0.3 is 4.90 Å². The fourth-order valence-electron chi connectivity index (χ4n) is 1.44. The number of rotatable bonds is 6. The van der Waals surface area contributed by atoms with Crippen LogP contribution in [0, 0.1) is 6.92 Å². The van der Waals surface area contributed by atoms with E-state index >= 15 is 0 Å². The van der Waals surface area contributed by atoms with Crippen LogP contribution >= 0.6 is 0 Å². The minimum atomic E-state index is -0.412. The third-order valence-corrected chi connectivity index (χ3v) is 2.46. The Morgan fingerprint density at radius 1 is 1.35 bits per heavy atom. The molecule has 4 heteroatoms. The van der Waals surface area contributed by atoms with Crippen molar-refractivity contribution in [2.24, 2.45) is 0 Å². The molecule has 92 valence electrons. The Hall–Kier alpha value is -1.26. The molecule has 0 aromatic carbocycles. The first kappa shape index (κ1) is 13.8. The molecule has 4 nitrogen and oxygen atoms in total. The third-order valence-electron chi connectivity index (χ3n) is 2.46. The van der Waals surface area contributed by atoms with E-state index in [1.54, 1.807) is 18.3 Å². The van der Waals surface area contributed by atoms with Gasteiger partial charge in [0.2, 0.25) is 0 Å². The van der Waals surface area contributed by atoms with Gasteiger partial charge in [0.1, 0.15) is 0 Å². The van der Waals surface area contributed by atoms with Gasteiger partial charge in [-0.2, -0.15) is 0 Å². The molecule has 0 bridgehead atoms. The van der Waals surface area contributed by atoms with Crippen LogP contribution in [0.1, 0.15) is 16.1 Å². The SMILES string of the molecule is [CH]C(=O)c1ccnc(CN(C)CCN(C)C)c1. The fraction of sp³-hybridized carbons (Fsp3) is 0.462. The molecule has 0 spiro atoms. The molecule has 0 saturated carbocycles. The summed E-state index contributed by atoms with van der Waals surface area (Å²) < 4.78 is 0. The second-order valence-corrected chi connectivity index (χ2v) is 4.44. The number of likely N-dealkylation sites (N-methyl/N-ethyl adjacent to an activating group) is 2. The molecule has 0 aliphatic heterocycles. The largest absolute Gasteiger partial charge is 0.308 e. The number of carbonyl (C=O) groups excluding carboxylic acids is 1. The lowest BCUT2D eigenvalue weighted by Crippen LogP contribution is -2.28. The highest BCUT2D eigenvalue weighted by Crippen LogP contribution is 2.05. The lowest BCUT2D eigenvalue weighted by atomic mass is 10.1. The molecule has 0 saturated heterocycles. The van der Waals surface area contributed by atoms with Gasteiger partial charge in [-0.15, -0.1) is 0 Å². The van der Waals surface area contributed by atoms with Gasteiger partial charge in [-0.05, 0) is 33.3 Å². The maximum Gasteiger partial charge on any atom is 0.167 e. The lowest BCUT2D eigenvalue weighted by molar-refractivity contribution is 0.104. The topological polar surface area (TPSA) is 36.4 Å². The molecule has 0 aliphatic carbocycles. The minimum Gasteiger partial charge on any atom is -0.308 e. The lowest BCUT2D eigenvalue weighted by Gasteiger charge is -2.18. The van der Waals surface area contributed by atoms with E-state index in [9.17, 15) is 4.79 Å². The Morgan fingerprint density at radius 2 is 2.06 bits per heavy atom. The van der Waals surface area contributed by atoms with Crippen LogP contribution in [0.25, 0.3) is 0 Å². The summed E-state index contributed by atoms with van der Waals surface area (Å²) in [4.78, 5) is 19.5. The molecule has 1 heterocycles. The van der Waals surface area contributed by atoms with Gasteiger partial charge in [-0.1, -0.05) is 0 Å². The standard InChI is InChI=1S/C13H19N3O/c1-11(17)12-5-6-14-13(9-12)10-16(4)8-7-15(2)3/h1,5-6,9H,7-8,10H2,2-4H3. The van der Waals surface area contributed by atoms with Gasteiger partial charge in [0.15, 0.2) is 5.78 Å². The molecule has 0 atom stereocenters. The van der Waals surface area contributed by atoms with Crippen LogP contribution in [0.4, 0.5) is 0 Å². The van der Waals surface area contributed by atoms with E-state index in [1.807, 2.05) is 21.1 Å². The van der Waals surface area contributed by atoms with Crippen molar-refractivity contribution in [2.75, 3.05) is 34.2 Å². The molecular weight excluding hydrogens is 214 g/mol. The summed E-state index contributed by atoms with van der Waals surface area (Å²) >= 11 is 0. The van der Waals surface area contributed by atoms with Gasteiger partial charge >= 0.3 is 0 Å². The minimum absolute atomic E-state index is 0.412. The summed E-state index contributed by atoms with van der Waals surface area (Å²) in [7, 11) is 6.11. The monoisotopic (exact) mass is 233 g/mol. The van der Waals surface area contributed by atoms with E-state index in [-0.39, 0.29) is 0 Å². The second kappa shape index (κ2) is 6.47. The van der Waals surface area contributed by atoms with Crippen molar-refractivity contribution in [1.29, 1.82) is 0 Å². The second-order valence-electron chi connectivity index (χ2n) is 4.44. The van der Waals surface area contributed by atoms with Gasteiger partial charge in [-0.3, -0.25) is 14.7 Å². The Bertz CT molecular complexity index is 377. The number of hydrogen-bond donors (Lipinski definition) is 0. The highest BCUT2D eigenvalue weighted by molar-refractivity contribution is 5.99. The number of nitrogens with zero attached hydrogens (tertiary/aromatic N) is 3. The van der Waals surface area contributed by atoms with E-state index in [4.69, 9.17) is 6.92 Å². The molecule has 2 radical (unpaired) electrons. The van der Waals surface area contributed by atoms with Gasteiger partial charge in [0, 0.05) is 38.3 Å². The van der Waals surface area contributed by atoms with Crippen molar-refractivity contribution >= 4 is 5.78 Å². The molecular formula is C13H19N3O. The van der Waals surface area contributed by atoms with Crippen LogP contribution in [-0.4, -0.2) is 54.8 Å². The maximum absolute atomic E-state index is 11.0. The zero-order valence-electron chi connectivity index (χ0n) is 10.7. The first-order valence-electron chi connectivity index (χ1n) is 5.57. The molecule has 0 unspecified atom stereocenters. The molecule has 1 aromatic rings. The quantitative estimate of drug-likeness (QED) is 0.686. The zero-order chi connectivity index (χ0) is 12.8. The molecule has 1 aromatic heterocycles. The van der Waals surface area contributed by atoms with Crippen LogP contribution in [0.2, 0.25) is 0 Å². The first-order valence-corrected chi connectivity index (χ1v) is 5.57. The number of carbonyl (C=O) groups is 1. The van der Waals surface area contributed by atoms with Crippen molar-refractivity contribution in [3.8, 4) is 0 Å². The Kier molecular flexibility index (Phi) is 5.25. The molecule has 1 rings (SSSR count). The molecule has 0 N–H and O–H groups in total. The number of pyridine rings is 1. The highest BCUT2D eigenvalue weighted by atomic mass is 16.1. The van der Waals surface area contributed by atoms with E-state index in [1.165, 1.54) is 0 Å². The number of ketones is 1. The summed E-state index contributed by atoms with van der Waals surface area (Å²) in [5.41, 5.74) is 1.37. The smallest absolute Gasteiger partial charge is 0.167 e. The van der Waals surface area contributed by atoms with Crippen molar-refractivity contribution in [3.05, 3.63) is 36.5 Å². The van der Waals surface area contributed by atoms with Gasteiger partial charge in [-0.25, -0.2) is 0 Å². The molecule has 0 amide bonds. The van der Waals surface area contributed by atoms with Crippen molar-refractivity contribution < 1.29 is 4.79 Å². The Balaban J connectivity index is 2.56. The molecule has 17 heavy (non-hydrogen) atoms. The van der Waals surface area contributed by atoms with Gasteiger partial charge in [0.05, 0.1) is 5.69 Å². The highest BCUT2D eigenvalue weighted by Gasteiger charge is 2.05. The van der Waals surface area contributed by atoms with Crippen LogP contribution in [0.15, 0.2) is 18.3 Å². The van der Waals surface area contributed by atoms with Gasteiger partial charge in [0.25, 0.3) is 0 Å². The first-order chi connectivity index (χ1) is 7.99. The predicted octanol–water partition coefficient (Wildman–Crippen LogP) is 0.969. The van der Waals surface area contributed by atoms with E-state index in [0.717, 1.165) is 25.3 Å². The van der Waals surface area contributed by atoms with E-state index in [2.05, 4.69) is 14.8 Å². The fourth-order valence-corrected chi connectivity index (χ4v) is 1.44. The van der Waals surface area contributed by atoms with E-state index in [0.29, 0.717) is 5.56 Å². The van der Waals surface area contributed by atoms with Crippen LogP contribution in [0.5, 0.6) is 0 Å². The summed E-state index contributed by atoms with van der Waals surface area (Å²) in [6.07, 6.45) is 1.62. The van der Waals surface area contributed by atoms with Crippen LogP contribution in [-0.2, 0) is 6.54 Å². The molecule has 0 fully saturated rings. The molecule has 0 aliphatic rings. The Labute approximate surface area is 103 Å².